The molecule has 8 heteroatoms. The van der Waals surface area contributed by atoms with Crippen LogP contribution in [0.15, 0.2) is 30.6 Å². The highest BCUT2D eigenvalue weighted by Gasteiger charge is 2.31. The Labute approximate surface area is 141 Å². The van der Waals surface area contributed by atoms with Crippen LogP contribution < -0.4 is 5.32 Å². The van der Waals surface area contributed by atoms with Crippen molar-refractivity contribution in [2.24, 2.45) is 0 Å². The number of amides is 1. The molecule has 0 bridgehead atoms. The lowest BCUT2D eigenvalue weighted by Crippen LogP contribution is -2.27. The fourth-order valence-corrected chi connectivity index (χ4v) is 4.66. The topological polar surface area (TPSA) is 93.9 Å². The van der Waals surface area contributed by atoms with Crippen LogP contribution in [0.1, 0.15) is 47.2 Å². The predicted molar refractivity (Wildman–Crippen MR) is 89.4 cm³/mol. The van der Waals surface area contributed by atoms with Gasteiger partial charge in [0.2, 0.25) is 0 Å². The van der Waals surface area contributed by atoms with Gasteiger partial charge in [-0.3, -0.25) is 14.5 Å². The lowest BCUT2D eigenvalue weighted by molar-refractivity contribution is 0.0938. The van der Waals surface area contributed by atoms with Crippen molar-refractivity contribution in [2.45, 2.75) is 32.4 Å². The van der Waals surface area contributed by atoms with Crippen LogP contribution in [0.4, 0.5) is 0 Å². The van der Waals surface area contributed by atoms with Crippen molar-refractivity contribution in [3.8, 4) is 0 Å². The summed E-state index contributed by atoms with van der Waals surface area (Å²) in [5, 5.41) is 7.14. The Bertz CT molecular complexity index is 845. The summed E-state index contributed by atoms with van der Waals surface area (Å²) in [6, 6.07) is 5.12. The standard InChI is InChI=1S/C16H20N4O3S/c1-11(15-5-3-4-7-17-15)19-16(21)14-9-18-20(12(14)2)13-6-8-24(22,23)10-13/h3-5,7,9,11,13H,6,8,10H2,1-2H3,(H,19,21)/t11-,13-/m0/s1. The molecule has 7 nitrogen and oxygen atoms in total. The second-order valence-electron chi connectivity index (χ2n) is 6.09. The summed E-state index contributed by atoms with van der Waals surface area (Å²) in [6.07, 6.45) is 3.72. The first-order valence-corrected chi connectivity index (χ1v) is 9.66. The number of aromatic nitrogens is 3. The predicted octanol–water partition coefficient (Wildman–Crippen LogP) is 1.44. The van der Waals surface area contributed by atoms with E-state index in [1.54, 1.807) is 17.8 Å². The summed E-state index contributed by atoms with van der Waals surface area (Å²) in [4.78, 5) is 16.7. The molecule has 128 valence electrons. The summed E-state index contributed by atoms with van der Waals surface area (Å²) in [5.41, 5.74) is 1.92. The zero-order valence-electron chi connectivity index (χ0n) is 13.6. The van der Waals surface area contributed by atoms with Gasteiger partial charge in [-0.05, 0) is 32.4 Å². The lowest BCUT2D eigenvalue weighted by atomic mass is 10.1. The quantitative estimate of drug-likeness (QED) is 0.902. The largest absolute Gasteiger partial charge is 0.344 e. The second kappa shape index (κ2) is 6.35. The fraction of sp³-hybridized carbons (Fsp3) is 0.438. The highest BCUT2D eigenvalue weighted by atomic mass is 32.2. The number of sulfone groups is 1. The van der Waals surface area contributed by atoms with E-state index in [9.17, 15) is 13.2 Å². The molecule has 1 amide bonds. The van der Waals surface area contributed by atoms with Crippen molar-refractivity contribution >= 4 is 15.7 Å². The first-order chi connectivity index (χ1) is 11.4. The third-order valence-electron chi connectivity index (χ3n) is 4.32. The van der Waals surface area contributed by atoms with Gasteiger partial charge in [-0.1, -0.05) is 6.07 Å². The highest BCUT2D eigenvalue weighted by molar-refractivity contribution is 7.91. The van der Waals surface area contributed by atoms with E-state index in [-0.39, 0.29) is 29.5 Å². The highest BCUT2D eigenvalue weighted by Crippen LogP contribution is 2.25. The molecule has 2 aromatic heterocycles. The van der Waals surface area contributed by atoms with Crippen molar-refractivity contribution in [3.63, 3.8) is 0 Å². The Kier molecular flexibility index (Phi) is 4.40. The minimum atomic E-state index is -3.00. The normalized spacial score (nSPS) is 20.7. The third-order valence-corrected chi connectivity index (χ3v) is 6.07. The molecule has 3 rings (SSSR count). The maximum Gasteiger partial charge on any atom is 0.255 e. The number of pyridine rings is 1. The maximum atomic E-state index is 12.5. The van der Waals surface area contributed by atoms with Crippen molar-refractivity contribution in [1.82, 2.24) is 20.1 Å². The van der Waals surface area contributed by atoms with E-state index in [0.717, 1.165) is 5.69 Å². The van der Waals surface area contributed by atoms with Crippen molar-refractivity contribution in [2.75, 3.05) is 11.5 Å². The molecule has 0 radical (unpaired) electrons. The SMILES string of the molecule is Cc1c(C(=O)N[C@@H](C)c2ccccn2)cnn1[C@H]1CCS(=O)(=O)C1. The van der Waals surface area contributed by atoms with Gasteiger partial charge in [0.1, 0.15) is 0 Å². The summed E-state index contributed by atoms with van der Waals surface area (Å²) < 4.78 is 24.9. The zero-order chi connectivity index (χ0) is 17.3. The smallest absolute Gasteiger partial charge is 0.255 e. The van der Waals surface area contributed by atoms with Crippen molar-refractivity contribution in [3.05, 3.63) is 47.5 Å². The van der Waals surface area contributed by atoms with Crippen LogP contribution in [0.2, 0.25) is 0 Å². The van der Waals surface area contributed by atoms with Crippen molar-refractivity contribution in [1.29, 1.82) is 0 Å². The molecule has 2 aromatic rings. The van der Waals surface area contributed by atoms with E-state index in [1.165, 1.54) is 6.20 Å². The third kappa shape index (κ3) is 3.33. The molecule has 0 unspecified atom stereocenters. The monoisotopic (exact) mass is 348 g/mol. The Morgan fingerprint density at radius 3 is 2.83 bits per heavy atom. The van der Waals surface area contributed by atoms with Gasteiger partial charge >= 0.3 is 0 Å². The number of hydrogen-bond donors (Lipinski definition) is 1. The summed E-state index contributed by atoms with van der Waals surface area (Å²) in [6.45, 7) is 3.65. The summed E-state index contributed by atoms with van der Waals surface area (Å²) in [7, 11) is -3.00. The van der Waals surface area contributed by atoms with E-state index < -0.39 is 9.84 Å². The van der Waals surface area contributed by atoms with Gasteiger partial charge < -0.3 is 5.32 Å². The molecular weight excluding hydrogens is 328 g/mol. The van der Waals surface area contributed by atoms with Crippen LogP contribution in [-0.2, 0) is 9.84 Å². The summed E-state index contributed by atoms with van der Waals surface area (Å²) in [5.74, 6) is 0.0219. The Hall–Kier alpha value is -2.22. The van der Waals surface area contributed by atoms with Crippen LogP contribution in [0, 0.1) is 6.92 Å². The maximum absolute atomic E-state index is 12.5. The number of hydrogen-bond acceptors (Lipinski definition) is 5. The number of nitrogens with one attached hydrogen (secondary N) is 1. The van der Waals surface area contributed by atoms with Crippen LogP contribution in [0.5, 0.6) is 0 Å². The first-order valence-electron chi connectivity index (χ1n) is 7.84. The number of carbonyl (C=O) groups is 1. The molecule has 0 saturated carbocycles. The van der Waals surface area contributed by atoms with Crippen LogP contribution in [0.25, 0.3) is 0 Å². The molecule has 3 heterocycles. The average molecular weight is 348 g/mol. The van der Waals surface area contributed by atoms with Gasteiger partial charge in [0.05, 0.1) is 41.0 Å². The van der Waals surface area contributed by atoms with Crippen LogP contribution in [0.3, 0.4) is 0 Å². The zero-order valence-corrected chi connectivity index (χ0v) is 14.5. The fourth-order valence-electron chi connectivity index (χ4n) is 2.96. The van der Waals surface area contributed by atoms with Crippen LogP contribution >= 0.6 is 0 Å². The summed E-state index contributed by atoms with van der Waals surface area (Å²) >= 11 is 0. The molecule has 24 heavy (non-hydrogen) atoms. The van der Waals surface area contributed by atoms with Gasteiger partial charge in [0.25, 0.3) is 5.91 Å². The van der Waals surface area contributed by atoms with E-state index in [0.29, 0.717) is 17.7 Å². The van der Waals surface area contributed by atoms with Gasteiger partial charge in [0, 0.05) is 11.9 Å². The molecule has 1 N–H and O–H groups in total. The molecule has 0 aliphatic carbocycles. The number of nitrogens with zero attached hydrogens (tertiary/aromatic N) is 3. The van der Waals surface area contributed by atoms with Crippen molar-refractivity contribution < 1.29 is 13.2 Å². The number of carbonyl (C=O) groups excluding carboxylic acids is 1. The molecule has 0 spiro atoms. The minimum Gasteiger partial charge on any atom is -0.344 e. The van der Waals surface area contributed by atoms with Gasteiger partial charge in [-0.2, -0.15) is 5.10 Å². The van der Waals surface area contributed by atoms with E-state index in [4.69, 9.17) is 0 Å². The lowest BCUT2D eigenvalue weighted by Gasteiger charge is -2.14. The minimum absolute atomic E-state index is 0.0842. The molecule has 1 aliphatic heterocycles. The van der Waals surface area contributed by atoms with Crippen LogP contribution in [-0.4, -0.2) is 40.6 Å². The van der Waals surface area contributed by atoms with Gasteiger partial charge in [0.15, 0.2) is 9.84 Å². The Balaban J connectivity index is 1.75. The number of rotatable bonds is 4. The second-order valence-corrected chi connectivity index (χ2v) is 8.32. The van der Waals surface area contributed by atoms with E-state index in [1.807, 2.05) is 25.1 Å². The Morgan fingerprint density at radius 2 is 2.21 bits per heavy atom. The average Bonchev–Trinajstić information content (AvgIpc) is 3.10. The molecule has 1 aliphatic rings. The molecule has 1 fully saturated rings. The van der Waals surface area contributed by atoms with Gasteiger partial charge in [-0.15, -0.1) is 0 Å². The van der Waals surface area contributed by atoms with E-state index in [2.05, 4.69) is 15.4 Å². The molecule has 2 atom stereocenters. The molecule has 0 aromatic carbocycles. The van der Waals surface area contributed by atoms with Gasteiger partial charge in [-0.25, -0.2) is 8.42 Å². The first kappa shape index (κ1) is 16.6. The molecular formula is C16H20N4O3S. The van der Waals surface area contributed by atoms with E-state index >= 15 is 0 Å². The Morgan fingerprint density at radius 1 is 1.42 bits per heavy atom. The molecule has 1 saturated heterocycles.